The molecule has 0 aromatic rings. The first kappa shape index (κ1) is 3.29. The lowest BCUT2D eigenvalue weighted by molar-refractivity contribution is 0.0850. The molecule has 1 rings (SSSR count). The monoisotopic (exact) mass is 92.0 g/mol. The van der Waals surface area contributed by atoms with Crippen molar-refractivity contribution in [3.63, 3.8) is 0 Å². The van der Waals surface area contributed by atoms with E-state index in [0.29, 0.717) is 10.5 Å². The van der Waals surface area contributed by atoms with Crippen LogP contribution < -0.4 is 0 Å². The SMILES string of the molecule is [SiH3]OC1OO1. The molecule has 1 saturated heterocycles. The third-order valence-electron chi connectivity index (χ3n) is 0.367. The van der Waals surface area contributed by atoms with Crippen LogP contribution in [0.2, 0.25) is 0 Å². The highest BCUT2D eigenvalue weighted by atomic mass is 28.2. The number of hydrogen-bond donors (Lipinski definition) is 0. The molecule has 0 spiro atoms. The van der Waals surface area contributed by atoms with E-state index in [9.17, 15) is 0 Å². The summed E-state index contributed by atoms with van der Waals surface area (Å²) in [5.41, 5.74) is 0. The molecule has 0 aromatic heterocycles. The van der Waals surface area contributed by atoms with Crippen LogP contribution in [0.1, 0.15) is 0 Å². The summed E-state index contributed by atoms with van der Waals surface area (Å²) >= 11 is 0. The Morgan fingerprint density at radius 3 is 2.20 bits per heavy atom. The van der Waals surface area contributed by atoms with Crippen LogP contribution in [0, 0.1) is 0 Å². The molecule has 4 heteroatoms. The van der Waals surface area contributed by atoms with E-state index in [0.717, 1.165) is 0 Å². The summed E-state index contributed by atoms with van der Waals surface area (Å²) in [6, 6.07) is 0. The zero-order chi connectivity index (χ0) is 3.70. The maximum Gasteiger partial charge on any atom is 0.320 e. The zero-order valence-electron chi connectivity index (χ0n) is 2.80. The van der Waals surface area contributed by atoms with Crippen molar-refractivity contribution < 1.29 is 14.2 Å². The van der Waals surface area contributed by atoms with E-state index in [1.807, 2.05) is 0 Å². The van der Waals surface area contributed by atoms with Gasteiger partial charge in [-0.25, -0.2) is 0 Å². The van der Waals surface area contributed by atoms with Crippen LogP contribution in [0.3, 0.4) is 0 Å². The van der Waals surface area contributed by atoms with Gasteiger partial charge in [-0.15, -0.1) is 0 Å². The Labute approximate surface area is 32.3 Å². The molecule has 1 fully saturated rings. The van der Waals surface area contributed by atoms with E-state index < -0.39 is 0 Å². The van der Waals surface area contributed by atoms with Gasteiger partial charge < -0.3 is 4.43 Å². The highest BCUT2D eigenvalue weighted by Gasteiger charge is 2.23. The predicted octanol–water partition coefficient (Wildman–Crippen LogP) is -1.47. The van der Waals surface area contributed by atoms with Crippen molar-refractivity contribution in [3.8, 4) is 0 Å². The first-order valence-electron chi connectivity index (χ1n) is 1.28. The van der Waals surface area contributed by atoms with Crippen LogP contribution in [-0.2, 0) is 14.2 Å². The molecule has 0 unspecified atom stereocenters. The van der Waals surface area contributed by atoms with Crippen molar-refractivity contribution >= 4 is 10.5 Å². The van der Waals surface area contributed by atoms with Gasteiger partial charge in [0.05, 0.1) is 0 Å². The van der Waals surface area contributed by atoms with E-state index in [2.05, 4.69) is 14.2 Å². The van der Waals surface area contributed by atoms with Gasteiger partial charge in [0.25, 0.3) is 0 Å². The summed E-state index contributed by atoms with van der Waals surface area (Å²) in [4.78, 5) is 8.34. The average Bonchev–Trinajstić information content (AvgIpc) is 2.12. The standard InChI is InChI=1S/CH4O3Si/c5-4-1-2-3-1/h1H,5H3. The minimum Gasteiger partial charge on any atom is -0.379 e. The molecule has 0 saturated carbocycles. The van der Waals surface area contributed by atoms with Crippen LogP contribution in [-0.4, -0.2) is 17.0 Å². The highest BCUT2D eigenvalue weighted by molar-refractivity contribution is 5.98. The average molecular weight is 92.1 g/mol. The summed E-state index contributed by atoms with van der Waals surface area (Å²) in [6.07, 6.45) is 0. The van der Waals surface area contributed by atoms with Gasteiger partial charge in [0.15, 0.2) is 10.5 Å². The normalized spacial score (nSPS) is 24.0. The Morgan fingerprint density at radius 2 is 2.20 bits per heavy atom. The number of hydrogen-bond acceptors (Lipinski definition) is 3. The molecular weight excluding hydrogens is 88.1 g/mol. The van der Waals surface area contributed by atoms with Gasteiger partial charge >= 0.3 is 6.48 Å². The quantitative estimate of drug-likeness (QED) is 0.225. The molecule has 30 valence electrons. The molecule has 0 bridgehead atoms. The van der Waals surface area contributed by atoms with Gasteiger partial charge in [-0.05, 0) is 0 Å². The van der Waals surface area contributed by atoms with Crippen molar-refractivity contribution in [3.05, 3.63) is 0 Å². The smallest absolute Gasteiger partial charge is 0.320 e. The van der Waals surface area contributed by atoms with Gasteiger partial charge in [-0.3, -0.25) is 0 Å². The van der Waals surface area contributed by atoms with Crippen molar-refractivity contribution in [1.82, 2.24) is 0 Å². The second-order valence-corrected chi connectivity index (χ2v) is 1.19. The fourth-order valence-corrected chi connectivity index (χ4v) is 0.258. The second kappa shape index (κ2) is 1.06. The third kappa shape index (κ3) is 0.693. The van der Waals surface area contributed by atoms with Crippen molar-refractivity contribution in [2.45, 2.75) is 6.48 Å². The Balaban J connectivity index is 2.00. The minimum atomic E-state index is -0.304. The maximum atomic E-state index is 4.56. The van der Waals surface area contributed by atoms with Gasteiger partial charge in [0.2, 0.25) is 0 Å². The first-order chi connectivity index (χ1) is 2.43. The van der Waals surface area contributed by atoms with E-state index in [1.54, 1.807) is 0 Å². The van der Waals surface area contributed by atoms with Gasteiger partial charge in [-0.1, -0.05) is 0 Å². The lowest BCUT2D eigenvalue weighted by atomic mass is 11.4. The first-order valence-corrected chi connectivity index (χ1v) is 2.10. The van der Waals surface area contributed by atoms with Crippen LogP contribution in [0.25, 0.3) is 0 Å². The van der Waals surface area contributed by atoms with Gasteiger partial charge in [-0.2, -0.15) is 9.78 Å². The Hall–Kier alpha value is 0.0969. The molecule has 1 aliphatic heterocycles. The molecule has 0 radical (unpaired) electrons. The topological polar surface area (TPSA) is 34.3 Å². The fraction of sp³-hybridized carbons (Fsp3) is 1.00. The molecule has 0 aliphatic carbocycles. The zero-order valence-corrected chi connectivity index (χ0v) is 4.80. The molecule has 0 aromatic carbocycles. The number of rotatable bonds is 1. The Kier molecular flexibility index (Phi) is 0.696. The fourth-order valence-electron chi connectivity index (χ4n) is 0.101. The molecule has 1 heterocycles. The third-order valence-corrected chi connectivity index (χ3v) is 0.752. The summed E-state index contributed by atoms with van der Waals surface area (Å²) < 4.78 is 4.56. The molecule has 3 nitrogen and oxygen atoms in total. The largest absolute Gasteiger partial charge is 0.379 e. The Morgan fingerprint density at radius 1 is 1.60 bits per heavy atom. The molecular formula is CH4O3Si. The summed E-state index contributed by atoms with van der Waals surface area (Å²) in [5.74, 6) is 0. The summed E-state index contributed by atoms with van der Waals surface area (Å²) in [6.45, 7) is -0.304. The highest BCUT2D eigenvalue weighted by Crippen LogP contribution is 2.09. The predicted molar refractivity (Wildman–Crippen MR) is 17.0 cm³/mol. The van der Waals surface area contributed by atoms with E-state index in [1.165, 1.54) is 0 Å². The van der Waals surface area contributed by atoms with Crippen molar-refractivity contribution in [2.75, 3.05) is 0 Å². The molecule has 0 N–H and O–H groups in total. The van der Waals surface area contributed by atoms with Crippen LogP contribution in [0.4, 0.5) is 0 Å². The van der Waals surface area contributed by atoms with E-state index >= 15 is 0 Å². The van der Waals surface area contributed by atoms with Crippen molar-refractivity contribution in [2.24, 2.45) is 0 Å². The van der Waals surface area contributed by atoms with Crippen LogP contribution in [0.5, 0.6) is 0 Å². The minimum absolute atomic E-state index is 0.304. The molecule has 1 aliphatic rings. The summed E-state index contributed by atoms with van der Waals surface area (Å²) in [7, 11) is 0.686. The molecule has 5 heavy (non-hydrogen) atoms. The Bertz CT molecular complexity index is 33.9. The lowest BCUT2D eigenvalue weighted by Crippen LogP contribution is -1.84. The summed E-state index contributed by atoms with van der Waals surface area (Å²) in [5, 5.41) is 0. The van der Waals surface area contributed by atoms with Crippen LogP contribution in [0.15, 0.2) is 0 Å². The van der Waals surface area contributed by atoms with Gasteiger partial charge in [0.1, 0.15) is 0 Å². The van der Waals surface area contributed by atoms with Crippen molar-refractivity contribution in [1.29, 1.82) is 0 Å². The van der Waals surface area contributed by atoms with E-state index in [-0.39, 0.29) is 6.48 Å². The second-order valence-electron chi connectivity index (χ2n) is 0.717. The van der Waals surface area contributed by atoms with Gasteiger partial charge in [0, 0.05) is 0 Å². The maximum absolute atomic E-state index is 4.56. The molecule has 0 amide bonds. The van der Waals surface area contributed by atoms with Crippen LogP contribution >= 0.6 is 0 Å². The lowest BCUT2D eigenvalue weighted by Gasteiger charge is -1.71. The van der Waals surface area contributed by atoms with E-state index in [4.69, 9.17) is 0 Å². The molecule has 0 atom stereocenters.